The number of ether oxygens (including phenoxy) is 2. The average Bonchev–Trinajstić information content (AvgIpc) is 3.31. The topological polar surface area (TPSA) is 44.8 Å². The van der Waals surface area contributed by atoms with Gasteiger partial charge < -0.3 is 13.9 Å². The van der Waals surface area contributed by atoms with E-state index in [4.69, 9.17) is 13.9 Å². The van der Waals surface area contributed by atoms with Crippen molar-refractivity contribution in [1.29, 1.82) is 0 Å². The van der Waals surface area contributed by atoms with Crippen molar-refractivity contribution in [2.24, 2.45) is 22.7 Å². The number of fused-ring (bicyclic) bond motifs is 1. The minimum absolute atomic E-state index is 0.0758. The third kappa shape index (κ3) is 2.49. The van der Waals surface area contributed by atoms with Gasteiger partial charge in [0, 0.05) is 18.4 Å². The van der Waals surface area contributed by atoms with Crippen molar-refractivity contribution in [1.82, 2.24) is 0 Å². The predicted octanol–water partition coefficient (Wildman–Crippen LogP) is 5.90. The Labute approximate surface area is 184 Å². The second kappa shape index (κ2) is 7.60. The molecule has 0 aliphatic heterocycles. The first-order valence-corrected chi connectivity index (χ1v) is 13.7. The standard InChI is InChI=1S/C25H42O4Si/c1-11-14-23(8)22(26)21-19-12-13-20(27-9)24(23,25(19,21)28-10)15-29-30(16(2)3,17(4)5)18(6)7/h11,13,16-19,21H,1,12,14-15H2,2-10H3/t19?,21-,23+,24+,25+/m0/s1. The van der Waals surface area contributed by atoms with Crippen molar-refractivity contribution < 1.29 is 18.7 Å². The van der Waals surface area contributed by atoms with Crippen LogP contribution < -0.4 is 0 Å². The van der Waals surface area contributed by atoms with Crippen molar-refractivity contribution in [3.05, 3.63) is 24.5 Å². The molecule has 5 heteroatoms. The molecule has 1 unspecified atom stereocenters. The molecule has 0 radical (unpaired) electrons. The molecule has 3 rings (SSSR count). The number of allylic oxidation sites excluding steroid dienone is 2. The van der Waals surface area contributed by atoms with Crippen LogP contribution in [0.1, 0.15) is 61.3 Å². The van der Waals surface area contributed by atoms with Crippen LogP contribution in [0.4, 0.5) is 0 Å². The highest BCUT2D eigenvalue weighted by atomic mass is 28.4. The van der Waals surface area contributed by atoms with Crippen LogP contribution in [0.3, 0.4) is 0 Å². The van der Waals surface area contributed by atoms with Gasteiger partial charge in [-0.05, 0) is 35.5 Å². The molecule has 0 heterocycles. The maximum Gasteiger partial charge on any atom is 0.200 e. The largest absolute Gasteiger partial charge is 0.501 e. The number of rotatable bonds is 10. The summed E-state index contributed by atoms with van der Waals surface area (Å²) >= 11 is 0. The van der Waals surface area contributed by atoms with Crippen molar-refractivity contribution in [2.45, 2.75) is 83.5 Å². The SMILES string of the molecule is C=CC[C@]1(C)C(=O)[C@@H]2C3CC=C(OC)[C@@]1(CO[Si](C(C)C)(C(C)C)C(C)C)[C@@]32OC. The lowest BCUT2D eigenvalue weighted by molar-refractivity contribution is -0.146. The van der Waals surface area contributed by atoms with E-state index in [1.807, 2.05) is 6.08 Å². The van der Waals surface area contributed by atoms with Gasteiger partial charge in [0.1, 0.15) is 11.5 Å². The lowest BCUT2D eigenvalue weighted by Crippen LogP contribution is -2.59. The van der Waals surface area contributed by atoms with Crippen molar-refractivity contribution in [3.63, 3.8) is 0 Å². The fourth-order valence-corrected chi connectivity index (χ4v) is 13.4. The first-order valence-electron chi connectivity index (χ1n) is 11.6. The van der Waals surface area contributed by atoms with Gasteiger partial charge in [0.15, 0.2) is 8.32 Å². The summed E-state index contributed by atoms with van der Waals surface area (Å²) in [5.74, 6) is 1.32. The Morgan fingerprint density at radius 1 is 1.17 bits per heavy atom. The fraction of sp³-hybridized carbons (Fsp3) is 0.800. The Kier molecular flexibility index (Phi) is 6.01. The summed E-state index contributed by atoms with van der Waals surface area (Å²) in [5.41, 5.74) is -0.357. The van der Waals surface area contributed by atoms with Gasteiger partial charge in [0.25, 0.3) is 0 Å². The van der Waals surface area contributed by atoms with Gasteiger partial charge in [-0.25, -0.2) is 0 Å². The third-order valence-electron chi connectivity index (χ3n) is 9.08. The lowest BCUT2D eigenvalue weighted by atomic mass is 9.57. The monoisotopic (exact) mass is 434 g/mol. The van der Waals surface area contributed by atoms with Crippen molar-refractivity contribution in [2.75, 3.05) is 20.8 Å². The molecule has 0 spiro atoms. The second-order valence-corrected chi connectivity index (χ2v) is 16.3. The van der Waals surface area contributed by atoms with E-state index in [2.05, 4.69) is 61.1 Å². The molecule has 2 saturated carbocycles. The predicted molar refractivity (Wildman–Crippen MR) is 124 cm³/mol. The van der Waals surface area contributed by atoms with E-state index in [1.165, 1.54) is 0 Å². The van der Waals surface area contributed by atoms with Crippen LogP contribution in [0, 0.1) is 22.7 Å². The smallest absolute Gasteiger partial charge is 0.200 e. The number of hydrogen-bond donors (Lipinski definition) is 0. The van der Waals surface area contributed by atoms with Gasteiger partial charge >= 0.3 is 0 Å². The van der Waals surface area contributed by atoms with Gasteiger partial charge in [0.05, 0.1) is 30.7 Å². The molecule has 0 bridgehead atoms. The Hall–Kier alpha value is -0.913. The Morgan fingerprint density at radius 3 is 2.17 bits per heavy atom. The van der Waals surface area contributed by atoms with Crippen LogP contribution in [0.2, 0.25) is 16.6 Å². The van der Waals surface area contributed by atoms with Gasteiger partial charge in [-0.2, -0.15) is 0 Å². The van der Waals surface area contributed by atoms with Crippen molar-refractivity contribution in [3.8, 4) is 0 Å². The molecule has 0 N–H and O–H groups in total. The molecule has 0 aromatic rings. The highest BCUT2D eigenvalue weighted by Crippen LogP contribution is 2.81. The summed E-state index contributed by atoms with van der Waals surface area (Å²) in [6.45, 7) is 20.4. The van der Waals surface area contributed by atoms with E-state index >= 15 is 0 Å². The molecule has 4 nitrogen and oxygen atoms in total. The molecule has 30 heavy (non-hydrogen) atoms. The van der Waals surface area contributed by atoms with Crippen LogP contribution in [0.15, 0.2) is 24.5 Å². The van der Waals surface area contributed by atoms with Crippen LogP contribution in [0.5, 0.6) is 0 Å². The third-order valence-corrected chi connectivity index (χ3v) is 15.1. The summed E-state index contributed by atoms with van der Waals surface area (Å²) in [6, 6.07) is 0. The number of hydrogen-bond acceptors (Lipinski definition) is 4. The number of Topliss-reactive ketones (excluding diaryl/α,β-unsaturated/α-hetero) is 1. The van der Waals surface area contributed by atoms with E-state index in [9.17, 15) is 4.79 Å². The van der Waals surface area contributed by atoms with E-state index in [1.54, 1.807) is 14.2 Å². The summed E-state index contributed by atoms with van der Waals surface area (Å²) in [4.78, 5) is 13.8. The van der Waals surface area contributed by atoms with E-state index < -0.39 is 24.7 Å². The first kappa shape index (κ1) is 23.7. The van der Waals surface area contributed by atoms with Crippen molar-refractivity contribution >= 4 is 14.1 Å². The maximum absolute atomic E-state index is 13.8. The Morgan fingerprint density at radius 2 is 1.73 bits per heavy atom. The quantitative estimate of drug-likeness (QED) is 0.317. The highest BCUT2D eigenvalue weighted by Gasteiger charge is 2.90. The van der Waals surface area contributed by atoms with E-state index in [0.29, 0.717) is 35.4 Å². The highest BCUT2D eigenvalue weighted by molar-refractivity contribution is 6.77. The first-order chi connectivity index (χ1) is 14.0. The summed E-state index contributed by atoms with van der Waals surface area (Å²) in [7, 11) is 1.36. The molecule has 0 amide bonds. The Balaban J connectivity index is 2.18. The van der Waals surface area contributed by atoms with E-state index in [0.717, 1.165) is 12.2 Å². The number of methoxy groups -OCH3 is 2. The van der Waals surface area contributed by atoms with Crippen LogP contribution >= 0.6 is 0 Å². The molecule has 0 aromatic heterocycles. The fourth-order valence-electron chi connectivity index (χ4n) is 7.91. The molecule has 0 aromatic carbocycles. The number of ketones is 1. The molecule has 0 saturated heterocycles. The summed E-state index contributed by atoms with van der Waals surface area (Å²) < 4.78 is 19.5. The molecule has 2 fully saturated rings. The normalized spacial score (nSPS) is 37.6. The number of carbonyl (C=O) groups excluding carboxylic acids is 1. The van der Waals surface area contributed by atoms with Crippen LogP contribution in [0.25, 0.3) is 0 Å². The number of carbonyl (C=O) groups is 1. The molecular weight excluding hydrogens is 392 g/mol. The summed E-state index contributed by atoms with van der Waals surface area (Å²) in [5, 5.41) is 0. The molecule has 3 aliphatic rings. The second-order valence-electron chi connectivity index (χ2n) is 10.8. The van der Waals surface area contributed by atoms with Gasteiger partial charge in [-0.15, -0.1) is 6.58 Å². The molecule has 5 atom stereocenters. The van der Waals surface area contributed by atoms with E-state index in [-0.39, 0.29) is 11.8 Å². The maximum atomic E-state index is 13.8. The average molecular weight is 435 g/mol. The molecule has 170 valence electrons. The lowest BCUT2D eigenvalue weighted by Gasteiger charge is -2.53. The van der Waals surface area contributed by atoms with Gasteiger partial charge in [-0.3, -0.25) is 4.79 Å². The minimum Gasteiger partial charge on any atom is -0.501 e. The van der Waals surface area contributed by atoms with Crippen LogP contribution in [-0.2, 0) is 18.7 Å². The Bertz CT molecular complexity index is 720. The molecular formula is C25H42O4Si. The zero-order valence-electron chi connectivity index (χ0n) is 20.5. The van der Waals surface area contributed by atoms with Crippen LogP contribution in [-0.4, -0.2) is 40.5 Å². The van der Waals surface area contributed by atoms with Gasteiger partial charge in [-0.1, -0.05) is 54.5 Å². The minimum atomic E-state index is -2.14. The summed E-state index contributed by atoms with van der Waals surface area (Å²) in [6.07, 6.45) is 5.51. The van der Waals surface area contributed by atoms with Gasteiger partial charge in [0.2, 0.25) is 0 Å². The zero-order valence-corrected chi connectivity index (χ0v) is 21.5. The molecule has 3 aliphatic carbocycles. The zero-order chi connectivity index (χ0) is 22.7.